The molecular formula is C25H34ClN3O4S. The molecule has 2 rings (SSSR count). The molecule has 0 fully saturated rings. The fourth-order valence-electron chi connectivity index (χ4n) is 3.40. The third-order valence-electron chi connectivity index (χ3n) is 5.83. The molecule has 0 radical (unpaired) electrons. The van der Waals surface area contributed by atoms with Crippen LogP contribution >= 0.6 is 11.6 Å². The van der Waals surface area contributed by atoms with E-state index in [9.17, 15) is 18.0 Å². The van der Waals surface area contributed by atoms with E-state index >= 15 is 0 Å². The van der Waals surface area contributed by atoms with Crippen molar-refractivity contribution in [1.82, 2.24) is 10.2 Å². The summed E-state index contributed by atoms with van der Waals surface area (Å²) in [4.78, 5) is 27.9. The van der Waals surface area contributed by atoms with E-state index < -0.39 is 28.5 Å². The highest BCUT2D eigenvalue weighted by Crippen LogP contribution is 2.28. The quantitative estimate of drug-likeness (QED) is 0.525. The third-order valence-corrected chi connectivity index (χ3v) is 7.36. The van der Waals surface area contributed by atoms with Crippen LogP contribution < -0.4 is 9.62 Å². The Labute approximate surface area is 208 Å². The van der Waals surface area contributed by atoms with Gasteiger partial charge in [-0.15, -0.1) is 0 Å². The molecule has 0 heterocycles. The first kappa shape index (κ1) is 27.7. The van der Waals surface area contributed by atoms with Gasteiger partial charge in [0.15, 0.2) is 0 Å². The molecule has 9 heteroatoms. The minimum atomic E-state index is -3.81. The van der Waals surface area contributed by atoms with E-state index in [2.05, 4.69) is 5.32 Å². The van der Waals surface area contributed by atoms with Crippen LogP contribution in [0.25, 0.3) is 0 Å². The Morgan fingerprint density at radius 2 is 1.68 bits per heavy atom. The molecule has 0 aliphatic carbocycles. The van der Waals surface area contributed by atoms with Crippen LogP contribution in [0, 0.1) is 13.8 Å². The van der Waals surface area contributed by atoms with Gasteiger partial charge in [-0.25, -0.2) is 8.42 Å². The first-order chi connectivity index (χ1) is 15.8. The second-order valence-corrected chi connectivity index (χ2v) is 11.0. The number of nitrogens with zero attached hydrogens (tertiary/aromatic N) is 2. The lowest BCUT2D eigenvalue weighted by Gasteiger charge is -2.32. The molecule has 2 aromatic carbocycles. The van der Waals surface area contributed by atoms with Gasteiger partial charge < -0.3 is 10.2 Å². The van der Waals surface area contributed by atoms with Crippen molar-refractivity contribution in [1.29, 1.82) is 0 Å². The van der Waals surface area contributed by atoms with Gasteiger partial charge in [0.25, 0.3) is 0 Å². The van der Waals surface area contributed by atoms with Crippen LogP contribution in [0.4, 0.5) is 5.69 Å². The highest BCUT2D eigenvalue weighted by Gasteiger charge is 2.31. The number of hydrogen-bond acceptors (Lipinski definition) is 4. The average Bonchev–Trinajstić information content (AvgIpc) is 2.77. The zero-order valence-electron chi connectivity index (χ0n) is 20.6. The van der Waals surface area contributed by atoms with E-state index in [1.54, 1.807) is 32.0 Å². The normalized spacial score (nSPS) is 13.1. The number of carbonyl (C=O) groups is 2. The van der Waals surface area contributed by atoms with Crippen LogP contribution in [0.1, 0.15) is 43.9 Å². The van der Waals surface area contributed by atoms with Crippen LogP contribution in [0.5, 0.6) is 0 Å². The molecular weight excluding hydrogens is 474 g/mol. The second kappa shape index (κ2) is 11.7. The molecule has 0 spiro atoms. The molecule has 0 saturated heterocycles. The Bertz CT molecular complexity index is 1120. The molecule has 2 atom stereocenters. The number of sulfonamides is 1. The van der Waals surface area contributed by atoms with Gasteiger partial charge in [0.2, 0.25) is 21.8 Å². The zero-order valence-corrected chi connectivity index (χ0v) is 22.2. The summed E-state index contributed by atoms with van der Waals surface area (Å²) in [5.74, 6) is -0.781. The van der Waals surface area contributed by atoms with Gasteiger partial charge in [0.1, 0.15) is 12.6 Å². The zero-order chi connectivity index (χ0) is 25.6. The molecule has 0 aliphatic rings. The van der Waals surface area contributed by atoms with Gasteiger partial charge in [0.05, 0.1) is 11.9 Å². The second-order valence-electron chi connectivity index (χ2n) is 8.65. The van der Waals surface area contributed by atoms with Gasteiger partial charge >= 0.3 is 0 Å². The number of hydrogen-bond donors (Lipinski definition) is 1. The van der Waals surface area contributed by atoms with Crippen LogP contribution in [0.2, 0.25) is 5.02 Å². The number of nitrogens with one attached hydrogen (secondary N) is 1. The highest BCUT2D eigenvalue weighted by molar-refractivity contribution is 7.92. The van der Waals surface area contributed by atoms with Crippen molar-refractivity contribution in [3.8, 4) is 0 Å². The van der Waals surface area contributed by atoms with Crippen molar-refractivity contribution in [2.24, 2.45) is 0 Å². The first-order valence-electron chi connectivity index (χ1n) is 11.2. The standard InChI is InChI=1S/C25H34ClN3O4S/c1-7-18(3)27-25(31)20(5)28(15-21-13-11-17(2)12-14-21)24(30)16-29(34(6,32)33)23-10-8-9-22(26)19(23)4/h8-14,18,20H,7,15-16H2,1-6H3,(H,27,31). The van der Waals surface area contributed by atoms with E-state index in [4.69, 9.17) is 11.6 Å². The lowest BCUT2D eigenvalue weighted by atomic mass is 10.1. The minimum absolute atomic E-state index is 0.0482. The van der Waals surface area contributed by atoms with Gasteiger partial charge in [-0.3, -0.25) is 13.9 Å². The van der Waals surface area contributed by atoms with Crippen molar-refractivity contribution in [2.45, 2.75) is 59.7 Å². The SMILES string of the molecule is CCC(C)NC(=O)C(C)N(Cc1ccc(C)cc1)C(=O)CN(c1cccc(Cl)c1C)S(C)(=O)=O. The summed E-state index contributed by atoms with van der Waals surface area (Å²) in [6.07, 6.45) is 1.80. The number of aryl methyl sites for hydroxylation is 1. The van der Waals surface area contributed by atoms with E-state index in [1.165, 1.54) is 4.90 Å². The number of anilines is 1. The van der Waals surface area contributed by atoms with Gasteiger partial charge in [-0.2, -0.15) is 0 Å². The minimum Gasteiger partial charge on any atom is -0.352 e. The summed E-state index contributed by atoms with van der Waals surface area (Å²) in [7, 11) is -3.81. The summed E-state index contributed by atoms with van der Waals surface area (Å²) in [6, 6.07) is 11.7. The van der Waals surface area contributed by atoms with Crippen LogP contribution in [0.3, 0.4) is 0 Å². The van der Waals surface area contributed by atoms with E-state index in [-0.39, 0.29) is 18.5 Å². The Kier molecular flexibility index (Phi) is 9.53. The highest BCUT2D eigenvalue weighted by atomic mass is 35.5. The molecule has 7 nitrogen and oxygen atoms in total. The monoisotopic (exact) mass is 507 g/mol. The van der Waals surface area contributed by atoms with Crippen LogP contribution in [-0.4, -0.2) is 50.0 Å². The molecule has 186 valence electrons. The van der Waals surface area contributed by atoms with E-state index in [0.29, 0.717) is 16.3 Å². The summed E-state index contributed by atoms with van der Waals surface area (Å²) in [5.41, 5.74) is 2.79. The van der Waals surface area contributed by atoms with Crippen LogP contribution in [-0.2, 0) is 26.2 Å². The third kappa shape index (κ3) is 7.21. The smallest absolute Gasteiger partial charge is 0.244 e. The van der Waals surface area contributed by atoms with E-state index in [0.717, 1.165) is 28.1 Å². The fraction of sp³-hybridized carbons (Fsp3) is 0.440. The number of amides is 2. The number of halogens is 1. The summed E-state index contributed by atoms with van der Waals surface area (Å²) < 4.78 is 26.4. The van der Waals surface area contributed by atoms with Crippen molar-refractivity contribution in [3.63, 3.8) is 0 Å². The Morgan fingerprint density at radius 1 is 1.06 bits per heavy atom. The summed E-state index contributed by atoms with van der Waals surface area (Å²) in [5, 5.41) is 3.31. The molecule has 0 aliphatic heterocycles. The fourth-order valence-corrected chi connectivity index (χ4v) is 4.47. The van der Waals surface area contributed by atoms with Crippen molar-refractivity contribution < 1.29 is 18.0 Å². The summed E-state index contributed by atoms with van der Waals surface area (Å²) >= 11 is 6.21. The average molecular weight is 508 g/mol. The maximum atomic E-state index is 13.5. The summed E-state index contributed by atoms with van der Waals surface area (Å²) in [6.45, 7) is 8.89. The predicted molar refractivity (Wildman–Crippen MR) is 137 cm³/mol. The lowest BCUT2D eigenvalue weighted by Crippen LogP contribution is -2.52. The molecule has 2 amide bonds. The largest absolute Gasteiger partial charge is 0.352 e. The van der Waals surface area contributed by atoms with Crippen molar-refractivity contribution in [3.05, 3.63) is 64.2 Å². The molecule has 0 aromatic heterocycles. The van der Waals surface area contributed by atoms with Crippen molar-refractivity contribution >= 4 is 39.1 Å². The number of carbonyl (C=O) groups excluding carboxylic acids is 2. The topological polar surface area (TPSA) is 86.8 Å². The van der Waals surface area contributed by atoms with Gasteiger partial charge in [-0.1, -0.05) is 54.4 Å². The molecule has 1 N–H and O–H groups in total. The Morgan fingerprint density at radius 3 is 2.24 bits per heavy atom. The first-order valence-corrected chi connectivity index (χ1v) is 13.5. The maximum absolute atomic E-state index is 13.5. The Hall–Kier alpha value is -2.58. The maximum Gasteiger partial charge on any atom is 0.244 e. The van der Waals surface area contributed by atoms with Crippen molar-refractivity contribution in [2.75, 3.05) is 17.1 Å². The lowest BCUT2D eigenvalue weighted by molar-refractivity contribution is -0.139. The molecule has 34 heavy (non-hydrogen) atoms. The van der Waals surface area contributed by atoms with E-state index in [1.807, 2.05) is 45.0 Å². The predicted octanol–water partition coefficient (Wildman–Crippen LogP) is 4.05. The van der Waals surface area contributed by atoms with Gasteiger partial charge in [-0.05, 0) is 57.4 Å². The van der Waals surface area contributed by atoms with Gasteiger partial charge in [0, 0.05) is 17.6 Å². The molecule has 2 unspecified atom stereocenters. The molecule has 0 saturated carbocycles. The molecule has 0 bridgehead atoms. The molecule has 2 aromatic rings. The Balaban J connectivity index is 2.42. The van der Waals surface area contributed by atoms with Crippen LogP contribution in [0.15, 0.2) is 42.5 Å². The number of rotatable bonds is 10. The number of benzene rings is 2.